The molecule has 3 aromatic rings. The summed E-state index contributed by atoms with van der Waals surface area (Å²) in [6, 6.07) is 18.2. The van der Waals surface area contributed by atoms with Gasteiger partial charge in [-0.2, -0.15) is 5.26 Å². The Bertz CT molecular complexity index is 898. The van der Waals surface area contributed by atoms with Crippen molar-refractivity contribution in [3.8, 4) is 6.07 Å². The van der Waals surface area contributed by atoms with Gasteiger partial charge in [0, 0.05) is 17.5 Å². The first-order valence-corrected chi connectivity index (χ1v) is 8.45. The van der Waals surface area contributed by atoms with Gasteiger partial charge in [-0.15, -0.1) is 11.3 Å². The molecule has 0 aliphatic heterocycles. The van der Waals surface area contributed by atoms with Crippen LogP contribution in [-0.4, -0.2) is 16.0 Å². The maximum absolute atomic E-state index is 12.1. The Morgan fingerprint density at radius 3 is 2.60 bits per heavy atom. The number of hydrogen-bond donors (Lipinski definition) is 2. The van der Waals surface area contributed by atoms with Crippen LogP contribution in [0.4, 0.5) is 5.13 Å². The Morgan fingerprint density at radius 1 is 1.20 bits per heavy atom. The standard InChI is InChI=1S/C19H15N3O2S/c20-11-14-8-6-13(7-9-14)10-16-12-21-19(25-16)22-18(24)17(23)15-4-2-1-3-5-15/h1-9,12,17,23H,10H2,(H,21,22,24). The molecule has 0 aliphatic carbocycles. The van der Waals surface area contributed by atoms with Gasteiger partial charge in [-0.3, -0.25) is 10.1 Å². The number of aliphatic hydroxyl groups excluding tert-OH is 1. The van der Waals surface area contributed by atoms with Crippen molar-refractivity contribution in [2.24, 2.45) is 0 Å². The lowest BCUT2D eigenvalue weighted by Gasteiger charge is -2.09. The number of rotatable bonds is 5. The van der Waals surface area contributed by atoms with Gasteiger partial charge in [0.15, 0.2) is 11.2 Å². The zero-order valence-corrected chi connectivity index (χ0v) is 14.0. The number of aliphatic hydroxyl groups is 1. The quantitative estimate of drug-likeness (QED) is 0.740. The molecule has 0 bridgehead atoms. The lowest BCUT2D eigenvalue weighted by atomic mass is 10.1. The van der Waals surface area contributed by atoms with Crippen LogP contribution in [-0.2, 0) is 11.2 Å². The van der Waals surface area contributed by atoms with Gasteiger partial charge in [0.25, 0.3) is 5.91 Å². The molecule has 124 valence electrons. The van der Waals surface area contributed by atoms with Crippen LogP contribution in [0.1, 0.15) is 27.7 Å². The topological polar surface area (TPSA) is 86.0 Å². The molecule has 5 nitrogen and oxygen atoms in total. The average molecular weight is 349 g/mol. The molecule has 1 atom stereocenters. The van der Waals surface area contributed by atoms with Crippen LogP contribution in [0.5, 0.6) is 0 Å². The summed E-state index contributed by atoms with van der Waals surface area (Å²) in [5.41, 5.74) is 2.22. The highest BCUT2D eigenvalue weighted by Gasteiger charge is 2.18. The summed E-state index contributed by atoms with van der Waals surface area (Å²) in [6.07, 6.45) is 1.14. The molecule has 2 N–H and O–H groups in total. The van der Waals surface area contributed by atoms with Gasteiger partial charge < -0.3 is 5.11 Å². The number of amides is 1. The van der Waals surface area contributed by atoms with Crippen molar-refractivity contribution in [1.29, 1.82) is 5.26 Å². The molecule has 25 heavy (non-hydrogen) atoms. The van der Waals surface area contributed by atoms with E-state index in [9.17, 15) is 9.90 Å². The first kappa shape index (κ1) is 16.8. The minimum absolute atomic E-state index is 0.448. The zero-order valence-electron chi connectivity index (χ0n) is 13.2. The summed E-state index contributed by atoms with van der Waals surface area (Å²) in [5, 5.41) is 22.0. The maximum atomic E-state index is 12.1. The minimum atomic E-state index is -1.23. The average Bonchev–Trinajstić information content (AvgIpc) is 3.09. The van der Waals surface area contributed by atoms with Gasteiger partial charge in [0.1, 0.15) is 0 Å². The number of nitrogens with one attached hydrogen (secondary N) is 1. The van der Waals surface area contributed by atoms with Crippen LogP contribution in [0.25, 0.3) is 0 Å². The number of anilines is 1. The van der Waals surface area contributed by atoms with E-state index in [1.165, 1.54) is 11.3 Å². The minimum Gasteiger partial charge on any atom is -0.378 e. The number of aromatic nitrogens is 1. The van der Waals surface area contributed by atoms with E-state index in [0.29, 0.717) is 22.7 Å². The van der Waals surface area contributed by atoms with Gasteiger partial charge >= 0.3 is 0 Å². The number of carbonyl (C=O) groups excluding carboxylic acids is 1. The van der Waals surface area contributed by atoms with Crippen LogP contribution in [0, 0.1) is 11.3 Å². The van der Waals surface area contributed by atoms with E-state index in [-0.39, 0.29) is 0 Å². The number of carbonyl (C=O) groups is 1. The van der Waals surface area contributed by atoms with Crippen LogP contribution < -0.4 is 5.32 Å². The number of nitrogens with zero attached hydrogens (tertiary/aromatic N) is 2. The Balaban J connectivity index is 1.63. The summed E-state index contributed by atoms with van der Waals surface area (Å²) < 4.78 is 0. The Hall–Kier alpha value is -3.01. The number of thiazole rings is 1. The van der Waals surface area contributed by atoms with Gasteiger partial charge in [0.05, 0.1) is 11.6 Å². The molecule has 0 aliphatic rings. The van der Waals surface area contributed by atoms with Crippen molar-refractivity contribution in [2.45, 2.75) is 12.5 Å². The Labute approximate surface area is 149 Å². The van der Waals surface area contributed by atoms with Crippen LogP contribution >= 0.6 is 11.3 Å². The molecular formula is C19H15N3O2S. The molecule has 1 unspecified atom stereocenters. The summed E-state index contributed by atoms with van der Waals surface area (Å²) >= 11 is 1.36. The Kier molecular flexibility index (Phi) is 5.19. The molecule has 6 heteroatoms. The summed E-state index contributed by atoms with van der Waals surface area (Å²) in [4.78, 5) is 17.3. The number of nitriles is 1. The zero-order chi connectivity index (χ0) is 17.6. The van der Waals surface area contributed by atoms with Crippen molar-refractivity contribution in [1.82, 2.24) is 4.98 Å². The maximum Gasteiger partial charge on any atom is 0.259 e. The van der Waals surface area contributed by atoms with Crippen molar-refractivity contribution in [3.05, 3.63) is 82.4 Å². The van der Waals surface area contributed by atoms with E-state index in [2.05, 4.69) is 16.4 Å². The number of hydrogen-bond acceptors (Lipinski definition) is 5. The fraction of sp³-hybridized carbons (Fsp3) is 0.105. The lowest BCUT2D eigenvalue weighted by Crippen LogP contribution is -2.20. The molecule has 0 saturated carbocycles. The molecule has 2 aromatic carbocycles. The third-order valence-corrected chi connectivity index (χ3v) is 4.52. The molecule has 1 heterocycles. The summed E-state index contributed by atoms with van der Waals surface area (Å²) in [7, 11) is 0. The van der Waals surface area contributed by atoms with Crippen LogP contribution in [0.3, 0.4) is 0 Å². The molecule has 0 spiro atoms. The van der Waals surface area contributed by atoms with E-state index in [4.69, 9.17) is 5.26 Å². The van der Waals surface area contributed by atoms with Crippen molar-refractivity contribution >= 4 is 22.4 Å². The van der Waals surface area contributed by atoms with Crippen LogP contribution in [0.15, 0.2) is 60.8 Å². The summed E-state index contributed by atoms with van der Waals surface area (Å²) in [5.74, 6) is -0.509. The normalized spacial score (nSPS) is 11.5. The lowest BCUT2D eigenvalue weighted by molar-refractivity contribution is -0.124. The highest BCUT2D eigenvalue weighted by Crippen LogP contribution is 2.23. The predicted octanol–water partition coefficient (Wildman–Crippen LogP) is 3.28. The molecule has 3 rings (SSSR count). The fourth-order valence-electron chi connectivity index (χ4n) is 2.31. The van der Waals surface area contributed by atoms with Gasteiger partial charge in [-0.25, -0.2) is 4.98 Å². The first-order valence-electron chi connectivity index (χ1n) is 7.63. The number of benzene rings is 2. The highest BCUT2D eigenvalue weighted by molar-refractivity contribution is 7.15. The van der Waals surface area contributed by atoms with Crippen molar-refractivity contribution < 1.29 is 9.90 Å². The highest BCUT2D eigenvalue weighted by atomic mass is 32.1. The molecule has 1 amide bonds. The Morgan fingerprint density at radius 2 is 1.92 bits per heavy atom. The largest absolute Gasteiger partial charge is 0.378 e. The predicted molar refractivity (Wildman–Crippen MR) is 96.1 cm³/mol. The van der Waals surface area contributed by atoms with Gasteiger partial charge in [0.2, 0.25) is 0 Å². The third-order valence-electron chi connectivity index (χ3n) is 3.61. The second-order valence-electron chi connectivity index (χ2n) is 5.42. The molecule has 0 radical (unpaired) electrons. The fourth-order valence-corrected chi connectivity index (χ4v) is 3.16. The SMILES string of the molecule is N#Cc1ccc(Cc2cnc(NC(=O)C(O)c3ccccc3)s2)cc1. The van der Waals surface area contributed by atoms with E-state index in [1.807, 2.05) is 18.2 Å². The second kappa shape index (κ2) is 7.71. The molecule has 0 fully saturated rings. The van der Waals surface area contributed by atoms with E-state index in [0.717, 1.165) is 10.4 Å². The van der Waals surface area contributed by atoms with Gasteiger partial charge in [-0.1, -0.05) is 42.5 Å². The van der Waals surface area contributed by atoms with Crippen molar-refractivity contribution in [3.63, 3.8) is 0 Å². The van der Waals surface area contributed by atoms with Crippen molar-refractivity contribution in [2.75, 3.05) is 5.32 Å². The van der Waals surface area contributed by atoms with E-state index >= 15 is 0 Å². The molecule has 0 saturated heterocycles. The molecule has 1 aromatic heterocycles. The van der Waals surface area contributed by atoms with E-state index in [1.54, 1.807) is 42.6 Å². The first-order chi connectivity index (χ1) is 12.2. The monoisotopic (exact) mass is 349 g/mol. The summed E-state index contributed by atoms with van der Waals surface area (Å²) in [6.45, 7) is 0. The van der Waals surface area contributed by atoms with E-state index < -0.39 is 12.0 Å². The molecular weight excluding hydrogens is 334 g/mol. The third kappa shape index (κ3) is 4.29. The smallest absolute Gasteiger partial charge is 0.259 e. The van der Waals surface area contributed by atoms with Crippen LogP contribution in [0.2, 0.25) is 0 Å². The van der Waals surface area contributed by atoms with Gasteiger partial charge in [-0.05, 0) is 23.3 Å². The second-order valence-corrected chi connectivity index (χ2v) is 6.53.